The molecule has 0 atom stereocenters. The van der Waals surface area contributed by atoms with Crippen LogP contribution in [-0.4, -0.2) is 0 Å². The van der Waals surface area contributed by atoms with E-state index in [1.54, 1.807) is 0 Å². The van der Waals surface area contributed by atoms with Crippen molar-refractivity contribution in [1.82, 2.24) is 0 Å². The maximum Gasteiger partial charge on any atom is 0.0697 e. The Morgan fingerprint density at radius 1 is 0.800 bits per heavy atom. The molecule has 0 radical (unpaired) electrons. The summed E-state index contributed by atoms with van der Waals surface area (Å²) < 4.78 is 0. The van der Waals surface area contributed by atoms with E-state index >= 15 is 0 Å². The molecular weight excluding hydrogens is 244 g/mol. The van der Waals surface area contributed by atoms with E-state index in [1.165, 1.54) is 28.5 Å². The normalized spacial score (nSPS) is 16.5. The molecule has 1 heterocycles. The molecule has 0 spiro atoms. The largest absolute Gasteiger partial charge is 0.352 e. The Balaban J connectivity index is 1.94. The molecule has 0 saturated heterocycles. The summed E-state index contributed by atoms with van der Waals surface area (Å²) in [7, 11) is 0. The monoisotopic (exact) mass is 260 g/mol. The molecule has 0 amide bonds. The van der Waals surface area contributed by atoms with E-state index in [0.717, 1.165) is 12.8 Å². The first-order chi connectivity index (χ1) is 9.93. The van der Waals surface area contributed by atoms with Crippen molar-refractivity contribution in [2.75, 3.05) is 10.2 Å². The predicted molar refractivity (Wildman–Crippen MR) is 84.0 cm³/mol. The molecule has 2 aromatic rings. The minimum absolute atomic E-state index is 1.10. The second-order valence-corrected chi connectivity index (χ2v) is 5.10. The zero-order valence-electron chi connectivity index (χ0n) is 11.2. The fourth-order valence-corrected chi connectivity index (χ4v) is 2.89. The summed E-state index contributed by atoms with van der Waals surface area (Å²) in [4.78, 5) is 2.34. The van der Waals surface area contributed by atoms with Gasteiger partial charge in [0.05, 0.1) is 22.8 Å². The lowest BCUT2D eigenvalue weighted by Crippen LogP contribution is -2.27. The Morgan fingerprint density at radius 2 is 1.55 bits per heavy atom. The molecule has 0 saturated carbocycles. The van der Waals surface area contributed by atoms with Gasteiger partial charge in [-0.15, -0.1) is 0 Å². The number of para-hydroxylation sites is 3. The third-order valence-electron chi connectivity index (χ3n) is 3.80. The summed E-state index contributed by atoms with van der Waals surface area (Å²) in [6.07, 6.45) is 6.83. The second kappa shape index (κ2) is 4.57. The maximum absolute atomic E-state index is 3.55. The van der Waals surface area contributed by atoms with Gasteiger partial charge in [-0.3, -0.25) is 0 Å². The Morgan fingerprint density at radius 3 is 2.45 bits per heavy atom. The van der Waals surface area contributed by atoms with E-state index in [9.17, 15) is 0 Å². The fourth-order valence-electron chi connectivity index (χ4n) is 2.89. The van der Waals surface area contributed by atoms with Crippen molar-refractivity contribution in [2.45, 2.75) is 12.8 Å². The van der Waals surface area contributed by atoms with Gasteiger partial charge >= 0.3 is 0 Å². The molecule has 1 N–H and O–H groups in total. The number of hydrogen-bond acceptors (Lipinski definition) is 2. The van der Waals surface area contributed by atoms with Gasteiger partial charge in [0.25, 0.3) is 0 Å². The Kier molecular flexibility index (Phi) is 2.59. The van der Waals surface area contributed by atoms with Gasteiger partial charge in [-0.1, -0.05) is 42.5 Å². The highest BCUT2D eigenvalue weighted by Crippen LogP contribution is 2.43. The van der Waals surface area contributed by atoms with Crippen LogP contribution in [0.5, 0.6) is 0 Å². The van der Waals surface area contributed by atoms with Gasteiger partial charge in [0.2, 0.25) is 0 Å². The van der Waals surface area contributed by atoms with Gasteiger partial charge in [-0.25, -0.2) is 0 Å². The van der Waals surface area contributed by atoms with Crippen molar-refractivity contribution in [2.24, 2.45) is 0 Å². The molecule has 0 fully saturated rings. The zero-order chi connectivity index (χ0) is 13.4. The molecule has 1 aliphatic heterocycles. The number of fused-ring (bicyclic) bond motifs is 2. The van der Waals surface area contributed by atoms with Crippen molar-refractivity contribution in [3.63, 3.8) is 0 Å². The number of allylic oxidation sites excluding steroid dienone is 2. The van der Waals surface area contributed by atoms with Crippen LogP contribution >= 0.6 is 0 Å². The van der Waals surface area contributed by atoms with Crippen LogP contribution in [0.4, 0.5) is 17.1 Å². The first-order valence-corrected chi connectivity index (χ1v) is 7.05. The van der Waals surface area contributed by atoms with Crippen LogP contribution < -0.4 is 10.2 Å². The van der Waals surface area contributed by atoms with E-state index in [-0.39, 0.29) is 0 Å². The van der Waals surface area contributed by atoms with Crippen molar-refractivity contribution >= 4 is 17.1 Å². The van der Waals surface area contributed by atoms with Crippen LogP contribution in [0.1, 0.15) is 12.8 Å². The van der Waals surface area contributed by atoms with Crippen LogP contribution in [0.15, 0.2) is 78.1 Å². The number of rotatable bonds is 1. The van der Waals surface area contributed by atoms with E-state index in [1.807, 2.05) is 0 Å². The molecule has 2 nitrogen and oxygen atoms in total. The minimum atomic E-state index is 1.10. The van der Waals surface area contributed by atoms with E-state index < -0.39 is 0 Å². The average Bonchev–Trinajstić information content (AvgIpc) is 2.53. The number of benzene rings is 2. The van der Waals surface area contributed by atoms with Gasteiger partial charge in [0, 0.05) is 5.69 Å². The molecule has 0 bridgehead atoms. The third-order valence-corrected chi connectivity index (χ3v) is 3.80. The van der Waals surface area contributed by atoms with Crippen molar-refractivity contribution in [3.05, 3.63) is 78.1 Å². The fraction of sp³-hybridized carbons (Fsp3) is 0.111. The molecule has 2 heteroatoms. The lowest BCUT2D eigenvalue weighted by atomic mass is 10.0. The maximum atomic E-state index is 3.55. The van der Waals surface area contributed by atoms with Crippen LogP contribution in [0.2, 0.25) is 0 Å². The highest BCUT2D eigenvalue weighted by atomic mass is 15.2. The van der Waals surface area contributed by atoms with Crippen LogP contribution in [0, 0.1) is 0 Å². The van der Waals surface area contributed by atoms with Gasteiger partial charge in [0.15, 0.2) is 0 Å². The van der Waals surface area contributed by atoms with Crippen LogP contribution in [-0.2, 0) is 0 Å². The molecule has 1 aliphatic carbocycles. The van der Waals surface area contributed by atoms with E-state index in [2.05, 4.69) is 77.0 Å². The minimum Gasteiger partial charge on any atom is -0.352 e. The molecule has 0 unspecified atom stereocenters. The molecule has 2 aliphatic rings. The molecule has 20 heavy (non-hydrogen) atoms. The molecular formula is C18H16N2. The topological polar surface area (TPSA) is 15.3 Å². The second-order valence-electron chi connectivity index (χ2n) is 5.10. The summed E-state index contributed by atoms with van der Waals surface area (Å²) in [5, 5.41) is 3.55. The lowest BCUT2D eigenvalue weighted by molar-refractivity contribution is 0.959. The lowest BCUT2D eigenvalue weighted by Gasteiger charge is -2.37. The van der Waals surface area contributed by atoms with E-state index in [4.69, 9.17) is 0 Å². The predicted octanol–water partition coefficient (Wildman–Crippen LogP) is 4.81. The van der Waals surface area contributed by atoms with Gasteiger partial charge in [0.1, 0.15) is 0 Å². The Labute approximate surface area is 119 Å². The molecule has 0 aromatic heterocycles. The highest BCUT2D eigenvalue weighted by Gasteiger charge is 2.26. The van der Waals surface area contributed by atoms with Crippen molar-refractivity contribution in [1.29, 1.82) is 0 Å². The number of nitrogens with zero attached hydrogens (tertiary/aromatic N) is 1. The summed E-state index contributed by atoms with van der Waals surface area (Å²) in [5.41, 5.74) is 6.08. The molecule has 2 aromatic carbocycles. The van der Waals surface area contributed by atoms with Gasteiger partial charge < -0.3 is 10.2 Å². The van der Waals surface area contributed by atoms with Gasteiger partial charge in [-0.05, 0) is 37.1 Å². The van der Waals surface area contributed by atoms with Crippen LogP contribution in [0.3, 0.4) is 0 Å². The average molecular weight is 260 g/mol. The first kappa shape index (κ1) is 11.4. The first-order valence-electron chi connectivity index (χ1n) is 7.05. The molecule has 4 rings (SSSR count). The van der Waals surface area contributed by atoms with Crippen molar-refractivity contribution < 1.29 is 0 Å². The summed E-state index contributed by atoms with van der Waals surface area (Å²) in [5.74, 6) is 0. The number of nitrogens with one attached hydrogen (secondary N) is 1. The quantitative estimate of drug-likeness (QED) is 0.791. The van der Waals surface area contributed by atoms with E-state index in [0.29, 0.717) is 0 Å². The van der Waals surface area contributed by atoms with Crippen LogP contribution in [0.25, 0.3) is 0 Å². The van der Waals surface area contributed by atoms with Gasteiger partial charge in [-0.2, -0.15) is 0 Å². The summed E-state index contributed by atoms with van der Waals surface area (Å²) >= 11 is 0. The third kappa shape index (κ3) is 1.73. The standard InChI is InChI=1S/C18H16N2/c1-2-8-14(9-3-1)20-17-12-6-4-10-15(17)19-16-11-5-7-13-18(16)20/h1-4,6,8-13,19H,5,7H2. The molecule has 98 valence electrons. The smallest absolute Gasteiger partial charge is 0.0697 e. The number of anilines is 3. The summed E-state index contributed by atoms with van der Waals surface area (Å²) in [6, 6.07) is 19.0. The number of hydrogen-bond donors (Lipinski definition) is 1. The van der Waals surface area contributed by atoms with Crippen molar-refractivity contribution in [3.8, 4) is 0 Å². The SMILES string of the molecule is C1=C2Nc3ccccc3N(c3ccccc3)C2=CCC1. The zero-order valence-corrected chi connectivity index (χ0v) is 11.2. The highest BCUT2D eigenvalue weighted by molar-refractivity contribution is 5.86. The summed E-state index contributed by atoms with van der Waals surface area (Å²) in [6.45, 7) is 0. The Bertz CT molecular complexity index is 698. The Hall–Kier alpha value is -2.48.